The minimum atomic E-state index is -4.55. The molecule has 0 spiro atoms. The molecular weight excluding hydrogens is 465 g/mol. The summed E-state index contributed by atoms with van der Waals surface area (Å²) in [5, 5.41) is 0. The molecule has 182 valence electrons. The summed E-state index contributed by atoms with van der Waals surface area (Å²) in [6.45, 7) is 0.592. The Hall–Kier alpha value is -3.62. The first-order valence-corrected chi connectivity index (χ1v) is 11.2. The Morgan fingerprint density at radius 1 is 0.886 bits per heavy atom. The van der Waals surface area contributed by atoms with Gasteiger partial charge in [0.25, 0.3) is 0 Å². The molecular formula is C26H22F5N3O. The fourth-order valence-corrected chi connectivity index (χ4v) is 4.95. The second-order valence-electron chi connectivity index (χ2n) is 8.74. The molecule has 2 aliphatic rings. The minimum Gasteiger partial charge on any atom is -0.365 e. The number of hydrogen-bond acceptors (Lipinski definition) is 2. The van der Waals surface area contributed by atoms with E-state index in [0.29, 0.717) is 18.7 Å². The van der Waals surface area contributed by atoms with E-state index >= 15 is 0 Å². The number of carbonyl (C=O) groups is 1. The van der Waals surface area contributed by atoms with Crippen LogP contribution in [0.2, 0.25) is 0 Å². The second kappa shape index (κ2) is 8.87. The molecule has 0 unspecified atom stereocenters. The van der Waals surface area contributed by atoms with Gasteiger partial charge < -0.3 is 9.80 Å². The Bertz CT molecular complexity index is 1240. The first-order valence-electron chi connectivity index (χ1n) is 11.2. The normalized spacial score (nSPS) is 18.3. The Morgan fingerprint density at radius 3 is 2.31 bits per heavy atom. The van der Waals surface area contributed by atoms with E-state index in [-0.39, 0.29) is 36.9 Å². The zero-order chi connectivity index (χ0) is 24.7. The van der Waals surface area contributed by atoms with Crippen LogP contribution in [0.25, 0.3) is 0 Å². The maximum absolute atomic E-state index is 14.3. The van der Waals surface area contributed by atoms with Gasteiger partial charge in [0.05, 0.1) is 23.8 Å². The van der Waals surface area contributed by atoms with Crippen molar-refractivity contribution in [3.8, 4) is 0 Å². The summed E-state index contributed by atoms with van der Waals surface area (Å²) in [4.78, 5) is 18.1. The Kier molecular flexibility index (Phi) is 5.86. The van der Waals surface area contributed by atoms with Gasteiger partial charge in [0.15, 0.2) is 0 Å². The van der Waals surface area contributed by atoms with Crippen molar-refractivity contribution in [1.29, 1.82) is 0 Å². The number of halogens is 5. The summed E-state index contributed by atoms with van der Waals surface area (Å²) in [6, 6.07) is 15.2. The maximum Gasteiger partial charge on any atom is 0.416 e. The number of rotatable bonds is 4. The van der Waals surface area contributed by atoms with Crippen molar-refractivity contribution in [2.24, 2.45) is 0 Å². The molecule has 2 amide bonds. The maximum atomic E-state index is 14.3. The van der Waals surface area contributed by atoms with E-state index in [0.717, 1.165) is 11.6 Å². The number of alkyl halides is 3. The highest BCUT2D eigenvalue weighted by molar-refractivity contribution is 5.95. The molecule has 0 radical (unpaired) electrons. The van der Waals surface area contributed by atoms with Gasteiger partial charge in [-0.3, -0.25) is 4.90 Å². The molecule has 0 aliphatic carbocycles. The summed E-state index contributed by atoms with van der Waals surface area (Å²) >= 11 is 0. The zero-order valence-electron chi connectivity index (χ0n) is 18.6. The van der Waals surface area contributed by atoms with Crippen molar-refractivity contribution < 1.29 is 26.7 Å². The second-order valence-corrected chi connectivity index (χ2v) is 8.74. The van der Waals surface area contributed by atoms with Gasteiger partial charge in [-0.25, -0.2) is 13.6 Å². The van der Waals surface area contributed by atoms with Gasteiger partial charge in [0.2, 0.25) is 0 Å². The van der Waals surface area contributed by atoms with Crippen LogP contribution >= 0.6 is 0 Å². The monoisotopic (exact) mass is 487 g/mol. The fraction of sp³-hybridized carbons (Fsp3) is 0.269. The van der Waals surface area contributed by atoms with Crippen LogP contribution in [-0.2, 0) is 19.3 Å². The van der Waals surface area contributed by atoms with Gasteiger partial charge in [-0.2, -0.15) is 13.2 Å². The van der Waals surface area contributed by atoms with Crippen molar-refractivity contribution >= 4 is 17.4 Å². The van der Waals surface area contributed by atoms with Crippen LogP contribution in [0.3, 0.4) is 0 Å². The molecule has 1 fully saturated rings. The number of amides is 2. The lowest BCUT2D eigenvalue weighted by Gasteiger charge is -2.40. The van der Waals surface area contributed by atoms with Crippen molar-refractivity contribution in [1.82, 2.24) is 4.90 Å². The predicted octanol–water partition coefficient (Wildman–Crippen LogP) is 6.20. The summed E-state index contributed by atoms with van der Waals surface area (Å²) in [7, 11) is 0. The van der Waals surface area contributed by atoms with Gasteiger partial charge in [0, 0.05) is 19.6 Å². The molecule has 0 saturated carbocycles. The van der Waals surface area contributed by atoms with Crippen LogP contribution in [0.4, 0.5) is 38.1 Å². The molecule has 4 nitrogen and oxygen atoms in total. The van der Waals surface area contributed by atoms with Crippen molar-refractivity contribution in [3.05, 3.63) is 95.1 Å². The van der Waals surface area contributed by atoms with Gasteiger partial charge in [0.1, 0.15) is 17.3 Å². The highest BCUT2D eigenvalue weighted by Gasteiger charge is 2.40. The molecule has 1 saturated heterocycles. The van der Waals surface area contributed by atoms with Crippen molar-refractivity contribution in [2.45, 2.75) is 31.7 Å². The Labute approximate surface area is 199 Å². The average Bonchev–Trinajstić information content (AvgIpc) is 3.29. The van der Waals surface area contributed by atoms with E-state index in [9.17, 15) is 26.7 Å². The highest BCUT2D eigenvalue weighted by Crippen LogP contribution is 2.37. The average molecular weight is 487 g/mol. The number of anilines is 2. The number of nitrogens with zero attached hydrogens (tertiary/aromatic N) is 3. The van der Waals surface area contributed by atoms with Crippen LogP contribution in [0.15, 0.2) is 66.7 Å². The number of benzene rings is 3. The van der Waals surface area contributed by atoms with Gasteiger partial charge >= 0.3 is 12.2 Å². The molecule has 1 atom stereocenters. The molecule has 3 aromatic rings. The Balaban J connectivity index is 1.45. The third-order valence-electron chi connectivity index (χ3n) is 6.61. The molecule has 2 aliphatic heterocycles. The van der Waals surface area contributed by atoms with E-state index in [4.69, 9.17) is 0 Å². The van der Waals surface area contributed by atoms with Gasteiger partial charge in [-0.05, 0) is 41.8 Å². The van der Waals surface area contributed by atoms with E-state index < -0.39 is 29.4 Å². The van der Waals surface area contributed by atoms with Crippen LogP contribution in [0.1, 0.15) is 23.1 Å². The zero-order valence-corrected chi connectivity index (χ0v) is 18.6. The number of hydrogen-bond donors (Lipinski definition) is 0. The molecule has 0 N–H and O–H groups in total. The molecule has 0 bridgehead atoms. The third-order valence-corrected chi connectivity index (χ3v) is 6.61. The summed E-state index contributed by atoms with van der Waals surface area (Å²) in [5.74, 6) is -1.35. The molecule has 2 heterocycles. The van der Waals surface area contributed by atoms with E-state index in [1.807, 2.05) is 12.1 Å². The molecule has 0 aromatic heterocycles. The summed E-state index contributed by atoms with van der Waals surface area (Å²) < 4.78 is 69.5. The topological polar surface area (TPSA) is 26.8 Å². The first-order chi connectivity index (χ1) is 16.7. The van der Waals surface area contributed by atoms with E-state index in [2.05, 4.69) is 0 Å². The van der Waals surface area contributed by atoms with Crippen LogP contribution < -0.4 is 9.80 Å². The quantitative estimate of drug-likeness (QED) is 0.410. The smallest absolute Gasteiger partial charge is 0.365 e. The lowest BCUT2D eigenvalue weighted by molar-refractivity contribution is -0.138. The van der Waals surface area contributed by atoms with Crippen molar-refractivity contribution in [3.63, 3.8) is 0 Å². The standard InChI is InChI=1S/C26H22F5N3O/c27-21-9-5-10-22(28)24(21)32-13-12-19(16-32)33-15-18-7-2-4-11-23(18)34(25(33)35)14-17-6-1-3-8-20(17)26(29,30)31/h1-11,19H,12-16H2/t19-/m1/s1. The largest absolute Gasteiger partial charge is 0.416 e. The number of fused-ring (bicyclic) bond motifs is 1. The van der Waals surface area contributed by atoms with Crippen molar-refractivity contribution in [2.75, 3.05) is 22.9 Å². The third kappa shape index (κ3) is 4.31. The van der Waals surface area contributed by atoms with Crippen LogP contribution in [0.5, 0.6) is 0 Å². The molecule has 5 rings (SSSR count). The minimum absolute atomic E-state index is 0.00789. The first kappa shape index (κ1) is 23.1. The summed E-state index contributed by atoms with van der Waals surface area (Å²) in [5.41, 5.74) is 0.430. The summed E-state index contributed by atoms with van der Waals surface area (Å²) in [6.07, 6.45) is -4.07. The molecule has 9 heteroatoms. The van der Waals surface area contributed by atoms with Gasteiger partial charge in [-0.1, -0.05) is 42.5 Å². The SMILES string of the molecule is O=C1N(Cc2ccccc2C(F)(F)F)c2ccccc2CN1[C@@H]1CCN(c2c(F)cccc2F)C1. The lowest BCUT2D eigenvalue weighted by atomic mass is 10.0. The number of para-hydroxylation sites is 2. The highest BCUT2D eigenvalue weighted by atomic mass is 19.4. The predicted molar refractivity (Wildman–Crippen MR) is 122 cm³/mol. The van der Waals surface area contributed by atoms with Crippen LogP contribution in [0, 0.1) is 11.6 Å². The van der Waals surface area contributed by atoms with Crippen LogP contribution in [-0.4, -0.2) is 30.1 Å². The molecule has 35 heavy (non-hydrogen) atoms. The lowest BCUT2D eigenvalue weighted by Crippen LogP contribution is -2.52. The van der Waals surface area contributed by atoms with E-state index in [1.54, 1.807) is 21.9 Å². The fourth-order valence-electron chi connectivity index (χ4n) is 4.95. The van der Waals surface area contributed by atoms with Gasteiger partial charge in [-0.15, -0.1) is 0 Å². The molecule has 3 aromatic carbocycles. The number of carbonyl (C=O) groups excluding carboxylic acids is 1. The van der Waals surface area contributed by atoms with E-state index in [1.165, 1.54) is 41.3 Å². The number of urea groups is 1. The Morgan fingerprint density at radius 2 is 1.57 bits per heavy atom.